The van der Waals surface area contributed by atoms with Crippen LogP contribution in [0, 0.1) is 11.8 Å². The minimum atomic E-state index is -0.143. The van der Waals surface area contributed by atoms with Crippen molar-refractivity contribution in [3.63, 3.8) is 0 Å². The average molecular weight is 281 g/mol. The molecule has 2 heteroatoms. The van der Waals surface area contributed by atoms with Gasteiger partial charge in [0.05, 0.1) is 6.10 Å². The molecule has 0 aromatic carbocycles. The molecular weight excluding hydrogens is 246 g/mol. The van der Waals surface area contributed by atoms with Gasteiger partial charge in [0.1, 0.15) is 0 Å². The van der Waals surface area contributed by atoms with Crippen molar-refractivity contribution in [1.29, 1.82) is 0 Å². The summed E-state index contributed by atoms with van der Waals surface area (Å²) in [7, 11) is 0. The van der Waals surface area contributed by atoms with Crippen molar-refractivity contribution in [3.05, 3.63) is 0 Å². The molecule has 0 aromatic rings. The first-order chi connectivity index (χ1) is 9.63. The van der Waals surface area contributed by atoms with Gasteiger partial charge >= 0.3 is 0 Å². The Hall–Kier alpha value is -0.0800. The first-order valence-corrected chi connectivity index (χ1v) is 9.06. The van der Waals surface area contributed by atoms with Crippen molar-refractivity contribution in [2.24, 2.45) is 11.8 Å². The van der Waals surface area contributed by atoms with Crippen LogP contribution in [0.3, 0.4) is 0 Å². The van der Waals surface area contributed by atoms with Gasteiger partial charge < -0.3 is 5.11 Å². The van der Waals surface area contributed by atoms with E-state index in [1.165, 1.54) is 64.5 Å². The molecule has 0 amide bonds. The molecule has 4 atom stereocenters. The average Bonchev–Trinajstić information content (AvgIpc) is 2.54. The van der Waals surface area contributed by atoms with Gasteiger partial charge in [-0.2, -0.15) is 0 Å². The van der Waals surface area contributed by atoms with Gasteiger partial charge in [-0.25, -0.2) is 0 Å². The molecule has 1 saturated heterocycles. The van der Waals surface area contributed by atoms with E-state index < -0.39 is 0 Å². The van der Waals surface area contributed by atoms with Gasteiger partial charge in [-0.3, -0.25) is 4.90 Å². The zero-order valence-electron chi connectivity index (χ0n) is 13.9. The van der Waals surface area contributed by atoms with Crippen LogP contribution in [0.4, 0.5) is 0 Å². The Bertz CT molecular complexity index is 287. The molecule has 4 unspecified atom stereocenters. The molecule has 118 valence electrons. The first-order valence-electron chi connectivity index (χ1n) is 9.06. The third kappa shape index (κ3) is 3.22. The molecule has 20 heavy (non-hydrogen) atoms. The highest BCUT2D eigenvalue weighted by Crippen LogP contribution is 2.40. The zero-order valence-corrected chi connectivity index (χ0v) is 13.9. The summed E-state index contributed by atoms with van der Waals surface area (Å²) in [4.78, 5) is 2.60. The highest BCUT2D eigenvalue weighted by atomic mass is 16.3. The van der Waals surface area contributed by atoms with Crippen molar-refractivity contribution < 1.29 is 5.11 Å². The van der Waals surface area contributed by atoms with E-state index in [0.29, 0.717) is 5.92 Å². The van der Waals surface area contributed by atoms with Gasteiger partial charge in [0.2, 0.25) is 0 Å². The van der Waals surface area contributed by atoms with Gasteiger partial charge in [0.15, 0.2) is 0 Å². The normalized spacial score (nSPS) is 33.6. The molecule has 2 fully saturated rings. The Labute approximate surface area is 125 Å². The van der Waals surface area contributed by atoms with Crippen molar-refractivity contribution in [2.75, 3.05) is 13.1 Å². The molecule has 1 heterocycles. The number of aliphatic hydroxyl groups is 1. The minimum absolute atomic E-state index is 0.00412. The third-order valence-corrected chi connectivity index (χ3v) is 6.33. The number of likely N-dealkylation sites (tertiary alicyclic amines) is 1. The highest BCUT2D eigenvalue weighted by Gasteiger charge is 2.44. The number of piperidine rings is 1. The molecule has 2 nitrogen and oxygen atoms in total. The van der Waals surface area contributed by atoms with Crippen LogP contribution in [0.15, 0.2) is 0 Å². The largest absolute Gasteiger partial charge is 0.391 e. The zero-order chi connectivity index (χ0) is 14.6. The Balaban J connectivity index is 2.11. The van der Waals surface area contributed by atoms with Gasteiger partial charge in [-0.1, -0.05) is 46.0 Å². The molecular formula is C18H35NO. The molecule has 0 spiro atoms. The van der Waals surface area contributed by atoms with E-state index in [4.69, 9.17) is 0 Å². The summed E-state index contributed by atoms with van der Waals surface area (Å²) in [6, 6.07) is 0. The second-order valence-electron chi connectivity index (χ2n) is 7.32. The third-order valence-electron chi connectivity index (χ3n) is 6.33. The van der Waals surface area contributed by atoms with Crippen molar-refractivity contribution >= 4 is 0 Å². The van der Waals surface area contributed by atoms with Crippen LogP contribution < -0.4 is 0 Å². The van der Waals surface area contributed by atoms with Crippen LogP contribution in [0.5, 0.6) is 0 Å². The second-order valence-corrected chi connectivity index (χ2v) is 7.32. The van der Waals surface area contributed by atoms with E-state index in [9.17, 15) is 5.11 Å². The summed E-state index contributed by atoms with van der Waals surface area (Å²) in [5.41, 5.74) is -0.00412. The Morgan fingerprint density at radius 2 is 1.70 bits per heavy atom. The SMILES string of the molecule is CCC1CCCCC1C(O)C(C)(CC)N1CCCCC1. The summed E-state index contributed by atoms with van der Waals surface area (Å²) in [6.45, 7) is 9.27. The number of aliphatic hydroxyl groups excluding tert-OH is 1. The fourth-order valence-electron chi connectivity index (χ4n) is 4.64. The molecule has 1 N–H and O–H groups in total. The quantitative estimate of drug-likeness (QED) is 0.815. The van der Waals surface area contributed by atoms with Crippen LogP contribution >= 0.6 is 0 Å². The minimum Gasteiger partial charge on any atom is -0.391 e. The molecule has 1 aliphatic carbocycles. The number of hydrogen-bond acceptors (Lipinski definition) is 2. The molecule has 0 bridgehead atoms. The summed E-state index contributed by atoms with van der Waals surface area (Å²) in [5.74, 6) is 1.27. The van der Waals surface area contributed by atoms with Crippen LogP contribution in [0.2, 0.25) is 0 Å². The number of hydrogen-bond donors (Lipinski definition) is 1. The van der Waals surface area contributed by atoms with Crippen LogP contribution in [-0.4, -0.2) is 34.7 Å². The molecule has 1 aliphatic heterocycles. The molecule has 1 saturated carbocycles. The lowest BCUT2D eigenvalue weighted by Crippen LogP contribution is -2.59. The van der Waals surface area contributed by atoms with Crippen LogP contribution in [-0.2, 0) is 0 Å². The molecule has 0 aromatic heterocycles. The molecule has 2 rings (SSSR count). The summed E-state index contributed by atoms with van der Waals surface area (Å²) >= 11 is 0. The first kappa shape index (κ1) is 16.3. The van der Waals surface area contributed by atoms with Gasteiger partial charge in [-0.15, -0.1) is 0 Å². The van der Waals surface area contributed by atoms with Gasteiger partial charge in [0, 0.05) is 5.54 Å². The van der Waals surface area contributed by atoms with E-state index in [0.717, 1.165) is 12.3 Å². The van der Waals surface area contributed by atoms with Gasteiger partial charge in [0.25, 0.3) is 0 Å². The number of nitrogens with zero attached hydrogens (tertiary/aromatic N) is 1. The predicted octanol–water partition coefficient (Wildman–Crippen LogP) is 4.22. The lowest BCUT2D eigenvalue weighted by atomic mass is 9.69. The summed E-state index contributed by atoms with van der Waals surface area (Å²) in [6.07, 6.45) is 11.4. The van der Waals surface area contributed by atoms with E-state index in [1.807, 2.05) is 0 Å². The maximum absolute atomic E-state index is 11.2. The summed E-state index contributed by atoms with van der Waals surface area (Å²) < 4.78 is 0. The fourth-order valence-corrected chi connectivity index (χ4v) is 4.64. The lowest BCUT2D eigenvalue weighted by molar-refractivity contribution is -0.0826. The van der Waals surface area contributed by atoms with Crippen molar-refractivity contribution in [3.8, 4) is 0 Å². The van der Waals surface area contributed by atoms with E-state index in [1.54, 1.807) is 0 Å². The van der Waals surface area contributed by atoms with E-state index in [2.05, 4.69) is 25.7 Å². The monoisotopic (exact) mass is 281 g/mol. The predicted molar refractivity (Wildman–Crippen MR) is 85.9 cm³/mol. The van der Waals surface area contributed by atoms with Crippen LogP contribution in [0.25, 0.3) is 0 Å². The topological polar surface area (TPSA) is 23.5 Å². The maximum Gasteiger partial charge on any atom is 0.0751 e. The standard InChI is InChI=1S/C18H35NO/c1-4-15-11-7-8-12-16(15)17(20)18(3,5-2)19-13-9-6-10-14-19/h15-17,20H,4-14H2,1-3H3. The van der Waals surface area contributed by atoms with Gasteiger partial charge in [-0.05, 0) is 57.5 Å². The van der Waals surface area contributed by atoms with Crippen LogP contribution in [0.1, 0.15) is 78.6 Å². The Kier molecular flexibility index (Phi) is 5.92. The highest BCUT2D eigenvalue weighted by molar-refractivity contribution is 4.98. The van der Waals surface area contributed by atoms with E-state index >= 15 is 0 Å². The maximum atomic E-state index is 11.2. The smallest absolute Gasteiger partial charge is 0.0751 e. The Morgan fingerprint density at radius 3 is 2.30 bits per heavy atom. The lowest BCUT2D eigenvalue weighted by Gasteiger charge is -2.50. The molecule has 0 radical (unpaired) electrons. The van der Waals surface area contributed by atoms with E-state index in [-0.39, 0.29) is 11.6 Å². The van der Waals surface area contributed by atoms with Crippen molar-refractivity contribution in [1.82, 2.24) is 4.90 Å². The molecule has 2 aliphatic rings. The fraction of sp³-hybridized carbons (Fsp3) is 1.00. The Morgan fingerprint density at radius 1 is 1.05 bits per heavy atom. The summed E-state index contributed by atoms with van der Waals surface area (Å²) in [5, 5.41) is 11.2. The van der Waals surface area contributed by atoms with Crippen molar-refractivity contribution in [2.45, 2.75) is 90.2 Å². The number of rotatable bonds is 5. The second kappa shape index (κ2) is 7.26.